The minimum absolute atomic E-state index is 0.0921. The van der Waals surface area contributed by atoms with E-state index in [9.17, 15) is 0 Å². The fourth-order valence-electron chi connectivity index (χ4n) is 2.80. The van der Waals surface area contributed by atoms with Crippen molar-refractivity contribution in [3.8, 4) is 0 Å². The number of nitrogens with one attached hydrogen (secondary N) is 1. The molecule has 0 amide bonds. The van der Waals surface area contributed by atoms with Gasteiger partial charge in [0.2, 0.25) is 0 Å². The predicted octanol–water partition coefficient (Wildman–Crippen LogP) is 1.26. The third-order valence-corrected chi connectivity index (χ3v) is 4.31. The van der Waals surface area contributed by atoms with Crippen molar-refractivity contribution in [2.24, 2.45) is 0 Å². The topological polar surface area (TPSA) is 33.7 Å². The summed E-state index contributed by atoms with van der Waals surface area (Å²) < 4.78 is 11.2. The highest BCUT2D eigenvalue weighted by atomic mass is 16.5. The Bertz CT molecular complexity index is 244. The molecule has 0 aromatic rings. The Morgan fingerprint density at radius 2 is 2.06 bits per heavy atom. The summed E-state index contributed by atoms with van der Waals surface area (Å²) in [7, 11) is 0. The maximum Gasteiger partial charge on any atom is 0.0666 e. The minimum atomic E-state index is 0.0921. The maximum atomic E-state index is 5.87. The second-order valence-electron chi connectivity index (χ2n) is 5.75. The molecule has 1 N–H and O–H groups in total. The Hall–Kier alpha value is -0.160. The van der Waals surface area contributed by atoms with Gasteiger partial charge in [-0.1, -0.05) is 6.92 Å². The van der Waals surface area contributed by atoms with E-state index in [1.165, 1.54) is 0 Å². The van der Waals surface area contributed by atoms with Crippen molar-refractivity contribution >= 4 is 0 Å². The normalized spacial score (nSPS) is 34.7. The van der Waals surface area contributed by atoms with Crippen LogP contribution in [-0.4, -0.2) is 62.5 Å². The fourth-order valence-corrected chi connectivity index (χ4v) is 2.80. The van der Waals surface area contributed by atoms with Crippen molar-refractivity contribution in [2.75, 3.05) is 46.0 Å². The van der Waals surface area contributed by atoms with Gasteiger partial charge in [0.15, 0.2) is 0 Å². The number of nitrogens with zero attached hydrogens (tertiary/aromatic N) is 1. The van der Waals surface area contributed by atoms with E-state index in [1.54, 1.807) is 0 Å². The molecule has 0 aromatic heterocycles. The van der Waals surface area contributed by atoms with Crippen molar-refractivity contribution in [3.63, 3.8) is 0 Å². The highest BCUT2D eigenvalue weighted by Crippen LogP contribution is 2.27. The zero-order chi connectivity index (χ0) is 12.8. The smallest absolute Gasteiger partial charge is 0.0666 e. The van der Waals surface area contributed by atoms with Crippen LogP contribution in [0.1, 0.15) is 33.1 Å². The van der Waals surface area contributed by atoms with Crippen LogP contribution in [0.2, 0.25) is 0 Å². The molecule has 2 saturated heterocycles. The third-order valence-electron chi connectivity index (χ3n) is 4.31. The molecule has 2 atom stereocenters. The third kappa shape index (κ3) is 4.19. The lowest BCUT2D eigenvalue weighted by Gasteiger charge is -2.38. The number of hydrogen-bond acceptors (Lipinski definition) is 4. The second-order valence-corrected chi connectivity index (χ2v) is 5.75. The average molecular weight is 256 g/mol. The minimum Gasteiger partial charge on any atom is -0.379 e. The van der Waals surface area contributed by atoms with E-state index in [1.807, 2.05) is 0 Å². The van der Waals surface area contributed by atoms with E-state index in [2.05, 4.69) is 24.1 Å². The quantitative estimate of drug-likeness (QED) is 0.803. The van der Waals surface area contributed by atoms with Gasteiger partial charge in [0.05, 0.1) is 18.8 Å². The largest absolute Gasteiger partial charge is 0.379 e. The summed E-state index contributed by atoms with van der Waals surface area (Å²) >= 11 is 0. The van der Waals surface area contributed by atoms with Gasteiger partial charge in [-0.05, 0) is 26.2 Å². The molecule has 2 aliphatic rings. The highest BCUT2D eigenvalue weighted by molar-refractivity contribution is 4.85. The van der Waals surface area contributed by atoms with Crippen molar-refractivity contribution in [1.29, 1.82) is 0 Å². The van der Waals surface area contributed by atoms with Crippen molar-refractivity contribution in [3.05, 3.63) is 0 Å². The first-order chi connectivity index (χ1) is 8.72. The summed E-state index contributed by atoms with van der Waals surface area (Å²) in [5, 5.41) is 3.70. The summed E-state index contributed by atoms with van der Waals surface area (Å²) in [5.41, 5.74) is 0.0921. The lowest BCUT2D eigenvalue weighted by Crippen LogP contribution is -2.47. The molecule has 0 aromatic carbocycles. The van der Waals surface area contributed by atoms with Crippen LogP contribution in [0.15, 0.2) is 0 Å². The van der Waals surface area contributed by atoms with Gasteiger partial charge in [-0.3, -0.25) is 4.90 Å². The van der Waals surface area contributed by atoms with E-state index in [0.29, 0.717) is 6.04 Å². The lowest BCUT2D eigenvalue weighted by molar-refractivity contribution is -0.0781. The van der Waals surface area contributed by atoms with E-state index >= 15 is 0 Å². The molecule has 2 unspecified atom stereocenters. The van der Waals surface area contributed by atoms with E-state index in [-0.39, 0.29) is 5.60 Å². The van der Waals surface area contributed by atoms with Crippen LogP contribution in [0.4, 0.5) is 0 Å². The van der Waals surface area contributed by atoms with Crippen molar-refractivity contribution in [1.82, 2.24) is 10.2 Å². The number of ether oxygens (including phenoxy) is 2. The van der Waals surface area contributed by atoms with Crippen LogP contribution < -0.4 is 5.32 Å². The Labute approximate surface area is 111 Å². The molecule has 0 saturated carbocycles. The Morgan fingerprint density at radius 3 is 2.78 bits per heavy atom. The molecule has 18 heavy (non-hydrogen) atoms. The van der Waals surface area contributed by atoms with Gasteiger partial charge in [0.1, 0.15) is 0 Å². The van der Waals surface area contributed by atoms with Crippen molar-refractivity contribution < 1.29 is 9.47 Å². The zero-order valence-electron chi connectivity index (χ0n) is 11.9. The molecule has 4 nitrogen and oxygen atoms in total. The summed E-state index contributed by atoms with van der Waals surface area (Å²) in [6, 6.07) is 0.629. The number of morpholine rings is 1. The van der Waals surface area contributed by atoms with E-state index in [4.69, 9.17) is 9.47 Å². The summed E-state index contributed by atoms with van der Waals surface area (Å²) in [5.74, 6) is 0. The van der Waals surface area contributed by atoms with E-state index < -0.39 is 0 Å². The molecular formula is C14H28N2O2. The molecule has 0 radical (unpaired) electrons. The van der Waals surface area contributed by atoms with Crippen LogP contribution in [0, 0.1) is 0 Å². The van der Waals surface area contributed by atoms with Gasteiger partial charge in [-0.2, -0.15) is 0 Å². The molecule has 4 heteroatoms. The molecule has 2 heterocycles. The number of rotatable bonds is 5. The predicted molar refractivity (Wildman–Crippen MR) is 72.9 cm³/mol. The van der Waals surface area contributed by atoms with Crippen LogP contribution >= 0.6 is 0 Å². The van der Waals surface area contributed by atoms with Crippen LogP contribution in [0.5, 0.6) is 0 Å². The van der Waals surface area contributed by atoms with Gasteiger partial charge in [-0.25, -0.2) is 0 Å². The van der Waals surface area contributed by atoms with Crippen LogP contribution in [-0.2, 0) is 9.47 Å². The van der Waals surface area contributed by atoms with Gasteiger partial charge < -0.3 is 14.8 Å². The van der Waals surface area contributed by atoms with Crippen LogP contribution in [0.25, 0.3) is 0 Å². The maximum absolute atomic E-state index is 5.87. The Kier molecular flexibility index (Phi) is 5.42. The van der Waals surface area contributed by atoms with Crippen molar-refractivity contribution in [2.45, 2.75) is 44.8 Å². The zero-order valence-corrected chi connectivity index (χ0v) is 11.9. The van der Waals surface area contributed by atoms with Gasteiger partial charge in [0, 0.05) is 38.8 Å². The monoisotopic (exact) mass is 256 g/mol. The molecular weight excluding hydrogens is 228 g/mol. The Balaban J connectivity index is 1.63. The summed E-state index contributed by atoms with van der Waals surface area (Å²) in [6.07, 6.45) is 3.40. The molecule has 2 fully saturated rings. The van der Waals surface area contributed by atoms with Gasteiger partial charge >= 0.3 is 0 Å². The highest BCUT2D eigenvalue weighted by Gasteiger charge is 2.31. The lowest BCUT2D eigenvalue weighted by atomic mass is 9.90. The van der Waals surface area contributed by atoms with E-state index in [0.717, 1.165) is 65.3 Å². The Morgan fingerprint density at radius 1 is 1.28 bits per heavy atom. The molecule has 0 spiro atoms. The summed E-state index contributed by atoms with van der Waals surface area (Å²) in [6.45, 7) is 11.5. The fraction of sp³-hybridized carbons (Fsp3) is 1.00. The van der Waals surface area contributed by atoms with Gasteiger partial charge in [0.25, 0.3) is 0 Å². The van der Waals surface area contributed by atoms with Gasteiger partial charge in [-0.15, -0.1) is 0 Å². The second kappa shape index (κ2) is 6.85. The average Bonchev–Trinajstić information content (AvgIpc) is 2.40. The first-order valence-corrected chi connectivity index (χ1v) is 7.39. The molecule has 106 valence electrons. The number of hydrogen-bond donors (Lipinski definition) is 1. The van der Waals surface area contributed by atoms with Crippen LogP contribution in [0.3, 0.4) is 0 Å². The molecule has 2 aliphatic heterocycles. The molecule has 0 bridgehead atoms. The molecule has 0 aliphatic carbocycles. The summed E-state index contributed by atoms with van der Waals surface area (Å²) in [4.78, 5) is 2.48. The molecule has 2 rings (SSSR count). The SMILES string of the molecule is CCC1(C)CC(NCCN2CCOCC2)CCO1. The first kappa shape index (κ1) is 14.3. The standard InChI is InChI=1S/C14H28N2O2/c1-3-14(2)12-13(4-9-18-14)15-5-6-16-7-10-17-11-8-16/h13,15H,3-12H2,1-2H3. The first-order valence-electron chi connectivity index (χ1n) is 7.39.